The van der Waals surface area contributed by atoms with E-state index in [9.17, 15) is 4.79 Å². The topological polar surface area (TPSA) is 20.3 Å². The molecule has 0 saturated carbocycles. The number of benzene rings is 1. The molecular formula is C13H21NO. The van der Waals surface area contributed by atoms with E-state index in [2.05, 4.69) is 0 Å². The summed E-state index contributed by atoms with van der Waals surface area (Å²) in [5.74, 6) is 0. The van der Waals surface area contributed by atoms with Crippen LogP contribution in [0.25, 0.3) is 0 Å². The molecule has 0 amide bonds. The van der Waals surface area contributed by atoms with Crippen molar-refractivity contribution in [2.24, 2.45) is 0 Å². The summed E-state index contributed by atoms with van der Waals surface area (Å²) in [6.07, 6.45) is 1.78. The van der Waals surface area contributed by atoms with Gasteiger partial charge in [0, 0.05) is 0 Å². The molecule has 1 atom stereocenters. The molecular weight excluding hydrogens is 186 g/mol. The van der Waals surface area contributed by atoms with Crippen LogP contribution in [0.3, 0.4) is 0 Å². The minimum absolute atomic E-state index is 0.0117. The summed E-state index contributed by atoms with van der Waals surface area (Å²) in [7, 11) is 3.84. The third kappa shape index (κ3) is 5.33. The van der Waals surface area contributed by atoms with Gasteiger partial charge in [0.25, 0.3) is 0 Å². The Morgan fingerprint density at radius 1 is 1.20 bits per heavy atom. The molecule has 0 spiro atoms. The highest BCUT2D eigenvalue weighted by Crippen LogP contribution is 2.04. The first-order valence-corrected chi connectivity index (χ1v) is 5.39. The molecule has 0 bridgehead atoms. The van der Waals surface area contributed by atoms with E-state index in [1.165, 1.54) is 5.56 Å². The molecule has 84 valence electrons. The van der Waals surface area contributed by atoms with Gasteiger partial charge in [-0.3, -0.25) is 4.90 Å². The van der Waals surface area contributed by atoms with Crippen molar-refractivity contribution in [3.8, 4) is 0 Å². The van der Waals surface area contributed by atoms with Gasteiger partial charge < -0.3 is 4.79 Å². The van der Waals surface area contributed by atoms with Gasteiger partial charge in [0.2, 0.25) is 0 Å². The Bertz CT molecular complexity index is 256. The smallest absolute Gasteiger partial charge is 0.137 e. The molecule has 1 unspecified atom stereocenters. The molecule has 0 aliphatic carbocycles. The van der Waals surface area contributed by atoms with Gasteiger partial charge in [-0.15, -0.1) is 0 Å². The van der Waals surface area contributed by atoms with E-state index in [-0.39, 0.29) is 6.04 Å². The Morgan fingerprint density at radius 3 is 2.13 bits per heavy atom. The van der Waals surface area contributed by atoms with Gasteiger partial charge in [-0.1, -0.05) is 44.2 Å². The fraction of sp³-hybridized carbons (Fsp3) is 0.462. The van der Waals surface area contributed by atoms with Crippen molar-refractivity contribution in [3.63, 3.8) is 0 Å². The summed E-state index contributed by atoms with van der Waals surface area (Å²) in [5.41, 5.74) is 1.20. The van der Waals surface area contributed by atoms with E-state index in [1.54, 1.807) is 0 Å². The number of carbonyl (C=O) groups is 1. The van der Waals surface area contributed by atoms with Gasteiger partial charge >= 0.3 is 0 Å². The fourth-order valence-electron chi connectivity index (χ4n) is 1.21. The lowest BCUT2D eigenvalue weighted by molar-refractivity contribution is -0.111. The Balaban J connectivity index is 0.000000921. The second-order valence-corrected chi connectivity index (χ2v) is 3.36. The minimum Gasteiger partial charge on any atom is -0.302 e. The van der Waals surface area contributed by atoms with Crippen molar-refractivity contribution in [3.05, 3.63) is 35.9 Å². The number of aldehydes is 1. The van der Waals surface area contributed by atoms with Crippen LogP contribution in [0, 0.1) is 0 Å². The quantitative estimate of drug-likeness (QED) is 0.707. The maximum atomic E-state index is 10.7. The Hall–Kier alpha value is -1.15. The predicted octanol–water partition coefficient (Wildman–Crippen LogP) is 2.38. The van der Waals surface area contributed by atoms with Crippen LogP contribution in [0.1, 0.15) is 19.4 Å². The van der Waals surface area contributed by atoms with Gasteiger partial charge in [-0.25, -0.2) is 0 Å². The van der Waals surface area contributed by atoms with Crippen molar-refractivity contribution in [2.75, 3.05) is 14.1 Å². The largest absolute Gasteiger partial charge is 0.302 e. The summed E-state index contributed by atoms with van der Waals surface area (Å²) < 4.78 is 0. The maximum absolute atomic E-state index is 10.7. The normalized spacial score (nSPS) is 11.5. The summed E-state index contributed by atoms with van der Waals surface area (Å²) >= 11 is 0. The summed E-state index contributed by atoms with van der Waals surface area (Å²) in [6.45, 7) is 4.00. The molecule has 0 aliphatic heterocycles. The fourth-order valence-corrected chi connectivity index (χ4v) is 1.21. The van der Waals surface area contributed by atoms with Gasteiger partial charge in [0.1, 0.15) is 6.29 Å². The molecule has 0 N–H and O–H groups in total. The molecule has 0 fully saturated rings. The standard InChI is InChI=1S/C11H15NO.C2H6/c1-12(2)11(9-13)8-10-6-4-3-5-7-10;1-2/h3-7,9,11H,8H2,1-2H3;1-2H3. The van der Waals surface area contributed by atoms with Crippen LogP contribution in [0.5, 0.6) is 0 Å². The van der Waals surface area contributed by atoms with Crippen molar-refractivity contribution >= 4 is 6.29 Å². The number of hydrogen-bond acceptors (Lipinski definition) is 2. The number of hydrogen-bond donors (Lipinski definition) is 0. The van der Waals surface area contributed by atoms with Gasteiger partial charge in [-0.05, 0) is 26.1 Å². The van der Waals surface area contributed by atoms with Crippen LogP contribution in [0.15, 0.2) is 30.3 Å². The van der Waals surface area contributed by atoms with Crippen molar-refractivity contribution in [2.45, 2.75) is 26.3 Å². The van der Waals surface area contributed by atoms with E-state index in [0.717, 1.165) is 12.7 Å². The van der Waals surface area contributed by atoms with E-state index in [4.69, 9.17) is 0 Å². The Kier molecular flexibility index (Phi) is 7.56. The van der Waals surface area contributed by atoms with Crippen molar-refractivity contribution in [1.29, 1.82) is 0 Å². The average molecular weight is 207 g/mol. The SMILES string of the molecule is CC.CN(C)C(C=O)Cc1ccccc1. The molecule has 2 nitrogen and oxygen atoms in total. The molecule has 1 rings (SSSR count). The van der Waals surface area contributed by atoms with Crippen LogP contribution in [0.4, 0.5) is 0 Å². The first-order valence-electron chi connectivity index (χ1n) is 5.39. The van der Waals surface area contributed by atoms with Crippen LogP contribution >= 0.6 is 0 Å². The highest BCUT2D eigenvalue weighted by atomic mass is 16.1. The van der Waals surface area contributed by atoms with Crippen LogP contribution in [-0.4, -0.2) is 31.3 Å². The molecule has 0 radical (unpaired) electrons. The molecule has 0 heterocycles. The van der Waals surface area contributed by atoms with E-state index in [1.807, 2.05) is 63.2 Å². The zero-order chi connectivity index (χ0) is 11.7. The first-order chi connectivity index (χ1) is 7.24. The van der Waals surface area contributed by atoms with Crippen LogP contribution in [-0.2, 0) is 11.2 Å². The molecule has 0 saturated heterocycles. The number of likely N-dealkylation sites (N-methyl/N-ethyl adjacent to an activating group) is 1. The lowest BCUT2D eigenvalue weighted by Crippen LogP contribution is -2.31. The van der Waals surface area contributed by atoms with E-state index < -0.39 is 0 Å². The summed E-state index contributed by atoms with van der Waals surface area (Å²) in [4.78, 5) is 12.6. The van der Waals surface area contributed by atoms with Crippen LogP contribution < -0.4 is 0 Å². The predicted molar refractivity (Wildman–Crippen MR) is 65.0 cm³/mol. The lowest BCUT2D eigenvalue weighted by atomic mass is 10.1. The van der Waals surface area contributed by atoms with Gasteiger partial charge in [0.15, 0.2) is 0 Å². The second kappa shape index (κ2) is 8.18. The molecule has 0 aliphatic rings. The number of nitrogens with zero attached hydrogens (tertiary/aromatic N) is 1. The molecule has 15 heavy (non-hydrogen) atoms. The Labute approximate surface area is 92.9 Å². The molecule has 2 heteroatoms. The van der Waals surface area contributed by atoms with Crippen molar-refractivity contribution in [1.82, 2.24) is 4.90 Å². The highest BCUT2D eigenvalue weighted by Gasteiger charge is 2.09. The third-order valence-electron chi connectivity index (χ3n) is 2.11. The van der Waals surface area contributed by atoms with Gasteiger partial charge in [-0.2, -0.15) is 0 Å². The number of carbonyl (C=O) groups excluding carboxylic acids is 1. The highest BCUT2D eigenvalue weighted by molar-refractivity contribution is 5.58. The first kappa shape index (κ1) is 13.8. The Morgan fingerprint density at radius 2 is 1.73 bits per heavy atom. The molecule has 1 aromatic carbocycles. The van der Waals surface area contributed by atoms with Gasteiger partial charge in [0.05, 0.1) is 6.04 Å². The van der Waals surface area contributed by atoms with Crippen LogP contribution in [0.2, 0.25) is 0 Å². The van der Waals surface area contributed by atoms with E-state index in [0.29, 0.717) is 0 Å². The minimum atomic E-state index is -0.0117. The number of rotatable bonds is 4. The second-order valence-electron chi connectivity index (χ2n) is 3.36. The summed E-state index contributed by atoms with van der Waals surface area (Å²) in [5, 5.41) is 0. The average Bonchev–Trinajstić information content (AvgIpc) is 2.29. The zero-order valence-corrected chi connectivity index (χ0v) is 10.1. The van der Waals surface area contributed by atoms with E-state index >= 15 is 0 Å². The third-order valence-corrected chi connectivity index (χ3v) is 2.11. The summed E-state index contributed by atoms with van der Waals surface area (Å²) in [6, 6.07) is 10.0. The monoisotopic (exact) mass is 207 g/mol. The zero-order valence-electron chi connectivity index (χ0n) is 10.1. The van der Waals surface area contributed by atoms with Crippen molar-refractivity contribution < 1.29 is 4.79 Å². The molecule has 1 aromatic rings. The maximum Gasteiger partial charge on any atom is 0.137 e. The molecule has 0 aromatic heterocycles. The lowest BCUT2D eigenvalue weighted by Gasteiger charge is -2.17.